The van der Waals surface area contributed by atoms with Gasteiger partial charge in [-0.3, -0.25) is 10.1 Å². The number of hydrogen-bond acceptors (Lipinski definition) is 6. The van der Waals surface area contributed by atoms with Gasteiger partial charge >= 0.3 is 0 Å². The van der Waals surface area contributed by atoms with E-state index in [1.807, 2.05) is 0 Å². The molecule has 0 saturated heterocycles. The van der Waals surface area contributed by atoms with Gasteiger partial charge in [0, 0.05) is 18.3 Å². The van der Waals surface area contributed by atoms with E-state index in [0.29, 0.717) is 17.9 Å². The highest BCUT2D eigenvalue weighted by molar-refractivity contribution is 5.66. The molecule has 0 aliphatic heterocycles. The number of rotatable bonds is 5. The minimum atomic E-state index is -0.528. The minimum Gasteiger partial charge on any atom is -0.399 e. The van der Waals surface area contributed by atoms with E-state index in [1.54, 1.807) is 6.07 Å². The van der Waals surface area contributed by atoms with E-state index >= 15 is 0 Å². The first-order chi connectivity index (χ1) is 7.15. The van der Waals surface area contributed by atoms with Crippen molar-refractivity contribution < 1.29 is 10.0 Å². The lowest BCUT2D eigenvalue weighted by Crippen LogP contribution is -2.25. The molecule has 0 bridgehead atoms. The Bertz CT molecular complexity index is 356. The van der Waals surface area contributed by atoms with Crippen LogP contribution >= 0.6 is 0 Å². The molecule has 7 heteroatoms. The van der Waals surface area contributed by atoms with E-state index in [9.17, 15) is 10.1 Å². The van der Waals surface area contributed by atoms with E-state index in [0.717, 1.165) is 0 Å². The molecular weight excluding hydrogens is 200 g/mol. The van der Waals surface area contributed by atoms with Gasteiger partial charge in [-0.05, 0) is 12.1 Å². The molecule has 0 aliphatic carbocycles. The molecule has 0 fully saturated rings. The van der Waals surface area contributed by atoms with Gasteiger partial charge in [0.1, 0.15) is 5.69 Å². The van der Waals surface area contributed by atoms with Crippen molar-refractivity contribution in [1.82, 2.24) is 5.43 Å². The molecule has 82 valence electrons. The average molecular weight is 212 g/mol. The van der Waals surface area contributed by atoms with E-state index in [2.05, 4.69) is 10.9 Å². The summed E-state index contributed by atoms with van der Waals surface area (Å²) in [5, 5.41) is 19.2. The number of benzene rings is 1. The molecule has 0 aliphatic rings. The molecule has 0 heterocycles. The van der Waals surface area contributed by atoms with Crippen LogP contribution in [0.5, 0.6) is 0 Å². The maximum atomic E-state index is 10.6. The van der Waals surface area contributed by atoms with Gasteiger partial charge in [-0.1, -0.05) is 0 Å². The summed E-state index contributed by atoms with van der Waals surface area (Å²) in [6.07, 6.45) is 0. The Morgan fingerprint density at radius 2 is 2.27 bits per heavy atom. The minimum absolute atomic E-state index is 0.0598. The van der Waals surface area contributed by atoms with E-state index in [1.165, 1.54) is 12.1 Å². The Morgan fingerprint density at radius 3 is 2.87 bits per heavy atom. The molecule has 5 N–H and O–H groups in total. The third-order valence-corrected chi connectivity index (χ3v) is 1.68. The third-order valence-electron chi connectivity index (χ3n) is 1.68. The van der Waals surface area contributed by atoms with Gasteiger partial charge in [0.15, 0.2) is 0 Å². The van der Waals surface area contributed by atoms with Crippen molar-refractivity contribution in [3.05, 3.63) is 28.3 Å². The molecule has 0 atom stereocenters. The maximum Gasteiger partial charge on any atom is 0.295 e. The largest absolute Gasteiger partial charge is 0.399 e. The van der Waals surface area contributed by atoms with Gasteiger partial charge in [0.25, 0.3) is 5.69 Å². The molecule has 1 rings (SSSR count). The molecule has 1 aromatic carbocycles. The van der Waals surface area contributed by atoms with Crippen molar-refractivity contribution in [3.8, 4) is 0 Å². The lowest BCUT2D eigenvalue weighted by Gasteiger charge is -2.07. The predicted octanol–water partition coefficient (Wildman–Crippen LogP) is 0.0858. The zero-order valence-electron chi connectivity index (χ0n) is 7.93. The smallest absolute Gasteiger partial charge is 0.295 e. The molecule has 15 heavy (non-hydrogen) atoms. The number of nitro groups is 1. The Balaban J connectivity index is 2.81. The third kappa shape index (κ3) is 3.08. The molecule has 0 radical (unpaired) electrons. The van der Waals surface area contributed by atoms with E-state index in [-0.39, 0.29) is 12.3 Å². The number of aliphatic hydroxyl groups is 1. The molecule has 0 saturated carbocycles. The Kier molecular flexibility index (Phi) is 3.83. The summed E-state index contributed by atoms with van der Waals surface area (Å²) >= 11 is 0. The number of hydrogen-bond donors (Lipinski definition) is 4. The number of nitrogens with one attached hydrogen (secondary N) is 2. The molecule has 0 spiro atoms. The van der Waals surface area contributed by atoms with Crippen molar-refractivity contribution in [2.24, 2.45) is 0 Å². The van der Waals surface area contributed by atoms with Gasteiger partial charge in [0.05, 0.1) is 11.5 Å². The van der Waals surface area contributed by atoms with Crippen LogP contribution in [0.3, 0.4) is 0 Å². The van der Waals surface area contributed by atoms with Crippen molar-refractivity contribution in [1.29, 1.82) is 0 Å². The monoisotopic (exact) mass is 212 g/mol. The molecule has 0 amide bonds. The van der Waals surface area contributed by atoms with Crippen LogP contribution in [0.2, 0.25) is 0 Å². The van der Waals surface area contributed by atoms with Crippen LogP contribution in [-0.4, -0.2) is 23.2 Å². The zero-order chi connectivity index (χ0) is 11.3. The Labute approximate surface area is 86.0 Å². The summed E-state index contributed by atoms with van der Waals surface area (Å²) in [6.45, 7) is 0.233. The molecule has 0 aromatic heterocycles. The van der Waals surface area contributed by atoms with Crippen LogP contribution in [0.15, 0.2) is 18.2 Å². The zero-order valence-corrected chi connectivity index (χ0v) is 7.93. The summed E-state index contributed by atoms with van der Waals surface area (Å²) in [6, 6.07) is 4.32. The van der Waals surface area contributed by atoms with Crippen molar-refractivity contribution >= 4 is 17.1 Å². The van der Waals surface area contributed by atoms with Crippen molar-refractivity contribution in [2.45, 2.75) is 0 Å². The first-order valence-corrected chi connectivity index (χ1v) is 4.29. The van der Waals surface area contributed by atoms with Gasteiger partial charge in [-0.2, -0.15) is 0 Å². The van der Waals surface area contributed by atoms with Crippen molar-refractivity contribution in [2.75, 3.05) is 24.3 Å². The summed E-state index contributed by atoms with van der Waals surface area (Å²) in [5.41, 5.74) is 11.2. The number of nitrogens with zero attached hydrogens (tertiary/aromatic N) is 1. The van der Waals surface area contributed by atoms with Gasteiger partial charge in [0.2, 0.25) is 0 Å². The van der Waals surface area contributed by atoms with Crippen LogP contribution in [-0.2, 0) is 0 Å². The Hall–Kier alpha value is -1.86. The maximum absolute atomic E-state index is 10.6. The van der Waals surface area contributed by atoms with E-state index in [4.69, 9.17) is 10.8 Å². The summed E-state index contributed by atoms with van der Waals surface area (Å²) in [4.78, 5) is 10.1. The molecular formula is C8H12N4O3. The fourth-order valence-corrected chi connectivity index (χ4v) is 1.02. The molecule has 7 nitrogen and oxygen atoms in total. The molecule has 0 unspecified atom stereocenters. The number of anilines is 2. The standard InChI is InChI=1S/C8H12N4O3/c9-6-1-2-7(11-10-3-4-13)8(5-6)12(14)15/h1-2,5,10-11,13H,3-4,9H2. The number of nitrogen functional groups attached to an aromatic ring is 1. The first kappa shape index (κ1) is 11.2. The average Bonchev–Trinajstić information content (AvgIpc) is 2.20. The SMILES string of the molecule is Nc1ccc(NNCCO)c([N+](=O)[O-])c1. The fourth-order valence-electron chi connectivity index (χ4n) is 1.02. The highest BCUT2D eigenvalue weighted by Crippen LogP contribution is 2.25. The highest BCUT2D eigenvalue weighted by atomic mass is 16.6. The second-order valence-corrected chi connectivity index (χ2v) is 2.81. The topological polar surface area (TPSA) is 113 Å². The fraction of sp³-hybridized carbons (Fsp3) is 0.250. The van der Waals surface area contributed by atoms with Gasteiger partial charge in [-0.15, -0.1) is 0 Å². The summed E-state index contributed by atoms with van der Waals surface area (Å²) in [5.74, 6) is 0. The first-order valence-electron chi connectivity index (χ1n) is 4.29. The van der Waals surface area contributed by atoms with Crippen molar-refractivity contribution in [3.63, 3.8) is 0 Å². The lowest BCUT2D eigenvalue weighted by atomic mass is 10.2. The van der Waals surface area contributed by atoms with Gasteiger partial charge in [-0.25, -0.2) is 5.43 Å². The number of nitro benzene ring substituents is 1. The van der Waals surface area contributed by atoms with Crippen LogP contribution < -0.4 is 16.6 Å². The number of hydrazine groups is 1. The van der Waals surface area contributed by atoms with Gasteiger partial charge < -0.3 is 16.3 Å². The second-order valence-electron chi connectivity index (χ2n) is 2.81. The quantitative estimate of drug-likeness (QED) is 0.238. The predicted molar refractivity (Wildman–Crippen MR) is 56.2 cm³/mol. The van der Waals surface area contributed by atoms with Crippen LogP contribution in [0.4, 0.5) is 17.1 Å². The summed E-state index contributed by atoms with van der Waals surface area (Å²) < 4.78 is 0. The number of nitrogens with two attached hydrogens (primary N) is 1. The molecule has 1 aromatic rings. The lowest BCUT2D eigenvalue weighted by molar-refractivity contribution is -0.383. The normalized spacial score (nSPS) is 9.93. The van der Waals surface area contributed by atoms with Crippen LogP contribution in [0, 0.1) is 10.1 Å². The summed E-state index contributed by atoms with van der Waals surface area (Å²) in [7, 11) is 0. The Morgan fingerprint density at radius 1 is 1.53 bits per heavy atom. The number of aliphatic hydroxyl groups excluding tert-OH is 1. The highest BCUT2D eigenvalue weighted by Gasteiger charge is 2.13. The van der Waals surface area contributed by atoms with E-state index < -0.39 is 4.92 Å². The second kappa shape index (κ2) is 5.13. The van der Waals surface area contributed by atoms with Crippen LogP contribution in [0.25, 0.3) is 0 Å². The van der Waals surface area contributed by atoms with Crippen LogP contribution in [0.1, 0.15) is 0 Å².